The predicted molar refractivity (Wildman–Crippen MR) is 114 cm³/mol. The zero-order valence-electron chi connectivity index (χ0n) is 17.2. The molecule has 1 heterocycles. The lowest BCUT2D eigenvalue weighted by molar-refractivity contribution is -0.124. The van der Waals surface area contributed by atoms with Crippen molar-refractivity contribution in [3.05, 3.63) is 95.6 Å². The van der Waals surface area contributed by atoms with Crippen LogP contribution in [0.5, 0.6) is 11.5 Å². The van der Waals surface area contributed by atoms with E-state index in [9.17, 15) is 0 Å². The molecule has 5 heteroatoms. The van der Waals surface area contributed by atoms with Crippen LogP contribution < -0.4 is 9.47 Å². The van der Waals surface area contributed by atoms with Crippen molar-refractivity contribution in [2.24, 2.45) is 0 Å². The molecule has 1 fully saturated rings. The maximum atomic E-state index is 6.69. The zero-order chi connectivity index (χ0) is 20.8. The van der Waals surface area contributed by atoms with Gasteiger partial charge in [-0.3, -0.25) is 0 Å². The topological polar surface area (TPSA) is 46.2 Å². The Morgan fingerprint density at radius 3 is 1.63 bits per heavy atom. The van der Waals surface area contributed by atoms with Gasteiger partial charge in [-0.2, -0.15) is 0 Å². The zero-order valence-corrected chi connectivity index (χ0v) is 17.2. The van der Waals surface area contributed by atoms with E-state index in [1.165, 1.54) is 0 Å². The first-order chi connectivity index (χ1) is 14.8. The van der Waals surface area contributed by atoms with Crippen LogP contribution in [0.25, 0.3) is 0 Å². The van der Waals surface area contributed by atoms with Gasteiger partial charge in [0.05, 0.1) is 34.0 Å². The quantitative estimate of drug-likeness (QED) is 0.520. The molecule has 3 aromatic rings. The second-order valence-corrected chi connectivity index (χ2v) is 6.99. The molecule has 4 rings (SSSR count). The maximum Gasteiger partial charge on any atom is 0.181 e. The van der Waals surface area contributed by atoms with Gasteiger partial charge >= 0.3 is 0 Å². The molecule has 0 aliphatic carbocycles. The van der Waals surface area contributed by atoms with Gasteiger partial charge in [-0.1, -0.05) is 54.6 Å². The summed E-state index contributed by atoms with van der Waals surface area (Å²) in [6, 6.07) is 26.1. The lowest BCUT2D eigenvalue weighted by Gasteiger charge is -2.36. The summed E-state index contributed by atoms with van der Waals surface area (Å²) < 4.78 is 28.7. The first-order valence-corrected chi connectivity index (χ1v) is 9.98. The maximum absolute atomic E-state index is 6.69. The minimum Gasteiger partial charge on any atom is -0.497 e. The van der Waals surface area contributed by atoms with Crippen molar-refractivity contribution in [1.82, 2.24) is 0 Å². The van der Waals surface area contributed by atoms with E-state index in [-0.39, 0.29) is 6.29 Å². The summed E-state index contributed by atoms with van der Waals surface area (Å²) in [5.41, 5.74) is 2.13. The van der Waals surface area contributed by atoms with Gasteiger partial charge in [-0.15, -0.1) is 0 Å². The minimum atomic E-state index is -0.852. The molecule has 0 bridgehead atoms. The predicted octanol–water partition coefficient (Wildman–Crippen LogP) is 4.39. The molecule has 1 saturated heterocycles. The molecule has 0 saturated carbocycles. The molecule has 0 atom stereocenters. The highest BCUT2D eigenvalue weighted by Gasteiger charge is 2.39. The van der Waals surface area contributed by atoms with Crippen LogP contribution in [-0.4, -0.2) is 40.3 Å². The highest BCUT2D eigenvalue weighted by molar-refractivity contribution is 5.49. The van der Waals surface area contributed by atoms with Crippen molar-refractivity contribution < 1.29 is 23.7 Å². The summed E-state index contributed by atoms with van der Waals surface area (Å²) >= 11 is 0. The fourth-order valence-electron chi connectivity index (χ4n) is 3.77. The summed E-state index contributed by atoms with van der Waals surface area (Å²) in [6.45, 7) is 1.46. The second kappa shape index (κ2) is 9.30. The van der Waals surface area contributed by atoms with Crippen LogP contribution in [0.3, 0.4) is 0 Å². The number of methoxy groups -OCH3 is 2. The molecule has 1 aliphatic rings. The smallest absolute Gasteiger partial charge is 0.181 e. The highest BCUT2D eigenvalue weighted by atomic mass is 16.7. The Bertz CT molecular complexity index is 869. The monoisotopic (exact) mass is 406 g/mol. The molecule has 3 aromatic carbocycles. The van der Waals surface area contributed by atoms with E-state index in [4.69, 9.17) is 23.7 Å². The van der Waals surface area contributed by atoms with Crippen LogP contribution in [0, 0.1) is 0 Å². The largest absolute Gasteiger partial charge is 0.497 e. The van der Waals surface area contributed by atoms with Gasteiger partial charge in [-0.05, 0) is 41.0 Å². The van der Waals surface area contributed by atoms with Crippen LogP contribution in [0.1, 0.15) is 16.7 Å². The third-order valence-corrected chi connectivity index (χ3v) is 5.30. The van der Waals surface area contributed by atoms with E-state index in [2.05, 4.69) is 12.1 Å². The van der Waals surface area contributed by atoms with Crippen LogP contribution >= 0.6 is 0 Å². The lowest BCUT2D eigenvalue weighted by Crippen LogP contribution is -2.36. The number of hydrogen-bond acceptors (Lipinski definition) is 5. The van der Waals surface area contributed by atoms with Crippen molar-refractivity contribution >= 4 is 0 Å². The van der Waals surface area contributed by atoms with E-state index in [1.54, 1.807) is 14.2 Å². The fraction of sp³-hybridized carbons (Fsp3) is 0.280. The van der Waals surface area contributed by atoms with E-state index in [0.29, 0.717) is 19.8 Å². The second-order valence-electron chi connectivity index (χ2n) is 6.99. The number of rotatable bonds is 8. The standard InChI is InChI=1S/C25H26O5/c1-26-22-12-8-20(9-13-22)25(19-6-4-3-5-7-19,30-18-24-28-16-17-29-24)21-10-14-23(27-2)15-11-21/h3-15,24H,16-18H2,1-2H3. The van der Waals surface area contributed by atoms with E-state index in [0.717, 1.165) is 28.2 Å². The Morgan fingerprint density at radius 2 is 1.17 bits per heavy atom. The summed E-state index contributed by atoms with van der Waals surface area (Å²) in [4.78, 5) is 0. The molecule has 30 heavy (non-hydrogen) atoms. The van der Waals surface area contributed by atoms with Gasteiger partial charge in [0.2, 0.25) is 0 Å². The molecule has 0 radical (unpaired) electrons. The van der Waals surface area contributed by atoms with Gasteiger partial charge in [0.15, 0.2) is 6.29 Å². The van der Waals surface area contributed by atoms with Gasteiger partial charge in [-0.25, -0.2) is 0 Å². The lowest BCUT2D eigenvalue weighted by atomic mass is 9.80. The molecule has 0 unspecified atom stereocenters. The van der Waals surface area contributed by atoms with Crippen LogP contribution in [0.4, 0.5) is 0 Å². The summed E-state index contributed by atoms with van der Waals surface area (Å²) in [5.74, 6) is 1.58. The van der Waals surface area contributed by atoms with Crippen molar-refractivity contribution in [3.63, 3.8) is 0 Å². The van der Waals surface area contributed by atoms with Crippen molar-refractivity contribution in [2.45, 2.75) is 11.9 Å². The molecular formula is C25H26O5. The molecule has 0 N–H and O–H groups in total. The normalized spacial score (nSPS) is 14.6. The van der Waals surface area contributed by atoms with Crippen LogP contribution in [0.15, 0.2) is 78.9 Å². The van der Waals surface area contributed by atoms with E-state index < -0.39 is 5.60 Å². The van der Waals surface area contributed by atoms with Gasteiger partial charge in [0.25, 0.3) is 0 Å². The number of hydrogen-bond donors (Lipinski definition) is 0. The Morgan fingerprint density at radius 1 is 0.700 bits per heavy atom. The molecule has 5 nitrogen and oxygen atoms in total. The molecule has 0 amide bonds. The number of ether oxygens (including phenoxy) is 5. The molecule has 1 aliphatic heterocycles. The molecule has 0 spiro atoms. The van der Waals surface area contributed by atoms with Crippen LogP contribution in [0.2, 0.25) is 0 Å². The first kappa shape index (κ1) is 20.4. The van der Waals surface area contributed by atoms with Gasteiger partial charge in [0, 0.05) is 0 Å². The summed E-state index contributed by atoms with van der Waals surface area (Å²) in [6.07, 6.45) is -0.385. The first-order valence-electron chi connectivity index (χ1n) is 9.98. The average Bonchev–Trinajstić information content (AvgIpc) is 3.35. The Kier molecular flexibility index (Phi) is 6.33. The van der Waals surface area contributed by atoms with Crippen molar-refractivity contribution in [2.75, 3.05) is 34.0 Å². The Labute approximate surface area is 177 Å². The van der Waals surface area contributed by atoms with E-state index >= 15 is 0 Å². The summed E-state index contributed by atoms with van der Waals surface area (Å²) in [7, 11) is 3.32. The third-order valence-electron chi connectivity index (χ3n) is 5.30. The molecule has 156 valence electrons. The fourth-order valence-corrected chi connectivity index (χ4v) is 3.77. The van der Waals surface area contributed by atoms with Crippen LogP contribution in [-0.2, 0) is 19.8 Å². The third kappa shape index (κ3) is 4.05. The summed E-state index contributed by atoms with van der Waals surface area (Å²) in [5, 5.41) is 0. The Balaban J connectivity index is 1.85. The van der Waals surface area contributed by atoms with Gasteiger partial charge < -0.3 is 23.7 Å². The van der Waals surface area contributed by atoms with Crippen molar-refractivity contribution in [1.29, 1.82) is 0 Å². The SMILES string of the molecule is COc1ccc(C(OCC2OCCO2)(c2ccccc2)c2ccc(OC)cc2)cc1. The van der Waals surface area contributed by atoms with Gasteiger partial charge in [0.1, 0.15) is 17.1 Å². The average molecular weight is 406 g/mol. The highest BCUT2D eigenvalue weighted by Crippen LogP contribution is 2.41. The Hall–Kier alpha value is -2.86. The molecular weight excluding hydrogens is 380 g/mol. The number of benzene rings is 3. The van der Waals surface area contributed by atoms with E-state index in [1.807, 2.05) is 66.7 Å². The minimum absolute atomic E-state index is 0.299. The van der Waals surface area contributed by atoms with Crippen molar-refractivity contribution in [3.8, 4) is 11.5 Å². The molecule has 0 aromatic heterocycles.